The maximum Gasteiger partial charge on any atom is 0.162 e. The van der Waals surface area contributed by atoms with Crippen molar-refractivity contribution in [1.82, 2.24) is 0 Å². The van der Waals surface area contributed by atoms with E-state index < -0.39 is 0 Å². The van der Waals surface area contributed by atoms with Crippen LogP contribution in [-0.4, -0.2) is 20.3 Å². The smallest absolute Gasteiger partial charge is 0.162 e. The molecule has 2 N–H and O–H groups in total. The number of benzene rings is 1. The summed E-state index contributed by atoms with van der Waals surface area (Å²) >= 11 is 6.25. The lowest BCUT2D eigenvalue weighted by Gasteiger charge is -2.13. The molecule has 0 aliphatic rings. The molecule has 0 saturated heterocycles. The first-order valence-corrected chi connectivity index (χ1v) is 7.16. The van der Waals surface area contributed by atoms with Crippen LogP contribution in [0.5, 0.6) is 11.5 Å². The second kappa shape index (κ2) is 8.28. The molecule has 0 aromatic heterocycles. The Hall–Kier alpha value is -0.930. The topological polar surface area (TPSA) is 44.5 Å². The molecule has 0 aliphatic heterocycles. The number of aryl methyl sites for hydroxylation is 1. The van der Waals surface area contributed by atoms with Gasteiger partial charge < -0.3 is 15.2 Å². The molecule has 0 saturated carbocycles. The second-order valence-corrected chi connectivity index (χ2v) is 5.15. The van der Waals surface area contributed by atoms with E-state index in [9.17, 15) is 0 Å². The Kier molecular flexibility index (Phi) is 7.03. The molecule has 1 aromatic carbocycles. The van der Waals surface area contributed by atoms with Crippen LogP contribution in [0, 0.1) is 0 Å². The van der Waals surface area contributed by atoms with Crippen molar-refractivity contribution in [1.29, 1.82) is 0 Å². The molecule has 0 heterocycles. The number of rotatable bonds is 8. The fraction of sp³-hybridized carbons (Fsp3) is 0.600. The zero-order chi connectivity index (χ0) is 14.3. The van der Waals surface area contributed by atoms with E-state index in [1.54, 1.807) is 14.2 Å². The minimum atomic E-state index is 0.295. The fourth-order valence-electron chi connectivity index (χ4n) is 2.16. The predicted molar refractivity (Wildman–Crippen MR) is 80.4 cm³/mol. The monoisotopic (exact) mass is 285 g/mol. The molecule has 0 spiro atoms. The average molecular weight is 286 g/mol. The van der Waals surface area contributed by atoms with Crippen molar-refractivity contribution in [3.05, 3.63) is 22.7 Å². The lowest BCUT2D eigenvalue weighted by Crippen LogP contribution is -2.19. The highest BCUT2D eigenvalue weighted by atomic mass is 35.5. The van der Waals surface area contributed by atoms with Gasteiger partial charge in [-0.3, -0.25) is 0 Å². The summed E-state index contributed by atoms with van der Waals surface area (Å²) in [5.41, 5.74) is 7.10. The van der Waals surface area contributed by atoms with Crippen molar-refractivity contribution >= 4 is 11.6 Å². The third kappa shape index (κ3) is 4.92. The molecule has 1 atom stereocenters. The van der Waals surface area contributed by atoms with Gasteiger partial charge in [-0.15, -0.1) is 0 Å². The van der Waals surface area contributed by atoms with E-state index in [0.29, 0.717) is 11.8 Å². The van der Waals surface area contributed by atoms with Gasteiger partial charge in [0.2, 0.25) is 0 Å². The highest BCUT2D eigenvalue weighted by Gasteiger charge is 2.10. The van der Waals surface area contributed by atoms with Crippen molar-refractivity contribution < 1.29 is 9.47 Å². The van der Waals surface area contributed by atoms with E-state index in [-0.39, 0.29) is 0 Å². The minimum Gasteiger partial charge on any atom is -0.493 e. The summed E-state index contributed by atoms with van der Waals surface area (Å²) in [7, 11) is 3.24. The van der Waals surface area contributed by atoms with Crippen LogP contribution >= 0.6 is 11.6 Å². The van der Waals surface area contributed by atoms with Gasteiger partial charge >= 0.3 is 0 Å². The molecule has 0 bridgehead atoms. The van der Waals surface area contributed by atoms with E-state index in [1.807, 2.05) is 12.1 Å². The van der Waals surface area contributed by atoms with Crippen LogP contribution in [0.3, 0.4) is 0 Å². The molecule has 19 heavy (non-hydrogen) atoms. The van der Waals surface area contributed by atoms with Crippen LogP contribution in [0.4, 0.5) is 0 Å². The van der Waals surface area contributed by atoms with Gasteiger partial charge in [-0.2, -0.15) is 0 Å². The van der Waals surface area contributed by atoms with Crippen LogP contribution in [0.1, 0.15) is 38.2 Å². The molecule has 108 valence electrons. The van der Waals surface area contributed by atoms with Gasteiger partial charge in [-0.1, -0.05) is 24.9 Å². The van der Waals surface area contributed by atoms with Crippen molar-refractivity contribution in [2.45, 2.75) is 45.1 Å². The highest BCUT2D eigenvalue weighted by Crippen LogP contribution is 2.33. The molecular weight excluding hydrogens is 262 g/mol. The number of methoxy groups -OCH3 is 2. The van der Waals surface area contributed by atoms with Crippen LogP contribution in [0.25, 0.3) is 0 Å². The first-order valence-electron chi connectivity index (χ1n) is 6.78. The van der Waals surface area contributed by atoms with Crippen LogP contribution in [0.15, 0.2) is 12.1 Å². The number of ether oxygens (including phenoxy) is 2. The summed E-state index contributed by atoms with van der Waals surface area (Å²) in [4.78, 5) is 0. The summed E-state index contributed by atoms with van der Waals surface area (Å²) in [6.07, 6.45) is 5.20. The largest absolute Gasteiger partial charge is 0.493 e. The normalized spacial score (nSPS) is 12.3. The van der Waals surface area contributed by atoms with E-state index in [0.717, 1.165) is 48.4 Å². The van der Waals surface area contributed by atoms with Crippen LogP contribution in [0.2, 0.25) is 5.02 Å². The first kappa shape index (κ1) is 16.1. The van der Waals surface area contributed by atoms with Crippen LogP contribution in [-0.2, 0) is 6.42 Å². The lowest BCUT2D eigenvalue weighted by atomic mass is 10.0. The maximum absolute atomic E-state index is 6.25. The Morgan fingerprint density at radius 2 is 1.79 bits per heavy atom. The van der Waals surface area contributed by atoms with Crippen LogP contribution < -0.4 is 15.2 Å². The van der Waals surface area contributed by atoms with Gasteiger partial charge in [0.05, 0.1) is 14.2 Å². The highest BCUT2D eigenvalue weighted by molar-refractivity contribution is 6.31. The zero-order valence-corrected chi connectivity index (χ0v) is 12.8. The Morgan fingerprint density at radius 1 is 1.16 bits per heavy atom. The van der Waals surface area contributed by atoms with E-state index in [4.69, 9.17) is 26.8 Å². The average Bonchev–Trinajstić information content (AvgIpc) is 2.40. The number of nitrogens with two attached hydrogens (primary N) is 1. The number of hydrogen-bond acceptors (Lipinski definition) is 3. The molecule has 0 radical (unpaired) electrons. The fourth-order valence-corrected chi connectivity index (χ4v) is 2.41. The van der Waals surface area contributed by atoms with Gasteiger partial charge in [0.15, 0.2) is 11.5 Å². The molecule has 1 rings (SSSR count). The molecule has 3 nitrogen and oxygen atoms in total. The Bertz CT molecular complexity index is 396. The number of hydrogen-bond donors (Lipinski definition) is 1. The summed E-state index contributed by atoms with van der Waals surface area (Å²) in [5.74, 6) is 1.39. The first-order chi connectivity index (χ1) is 9.12. The molecule has 0 amide bonds. The predicted octanol–water partition coefficient (Wildman–Crippen LogP) is 3.81. The summed E-state index contributed by atoms with van der Waals surface area (Å²) < 4.78 is 10.5. The van der Waals surface area contributed by atoms with E-state index >= 15 is 0 Å². The number of halogens is 1. The Morgan fingerprint density at radius 3 is 2.37 bits per heavy atom. The summed E-state index contributed by atoms with van der Waals surface area (Å²) in [6.45, 7) is 2.16. The minimum absolute atomic E-state index is 0.295. The van der Waals surface area contributed by atoms with E-state index in [1.165, 1.54) is 0 Å². The summed E-state index contributed by atoms with van der Waals surface area (Å²) in [6, 6.07) is 4.05. The maximum atomic E-state index is 6.25. The van der Waals surface area contributed by atoms with Gasteiger partial charge in [-0.25, -0.2) is 0 Å². The SMILES string of the molecule is CCCC(N)CCCc1cc(OC)c(OC)cc1Cl. The molecule has 0 aliphatic carbocycles. The van der Waals surface area contributed by atoms with Gasteiger partial charge in [0.1, 0.15) is 0 Å². The third-order valence-corrected chi connectivity index (χ3v) is 3.58. The molecule has 0 fully saturated rings. The third-order valence-electron chi connectivity index (χ3n) is 3.23. The van der Waals surface area contributed by atoms with Gasteiger partial charge in [0, 0.05) is 17.1 Å². The summed E-state index contributed by atoms with van der Waals surface area (Å²) in [5, 5.41) is 0.724. The van der Waals surface area contributed by atoms with Crippen molar-refractivity contribution in [3.63, 3.8) is 0 Å². The Labute approximate surface area is 121 Å². The van der Waals surface area contributed by atoms with E-state index in [2.05, 4.69) is 6.92 Å². The molecule has 1 aromatic rings. The van der Waals surface area contributed by atoms with Crippen molar-refractivity contribution in [2.24, 2.45) is 5.73 Å². The standard InChI is InChI=1S/C15H24ClNO2/c1-4-6-12(17)8-5-7-11-9-14(18-2)15(19-3)10-13(11)16/h9-10,12H,4-8,17H2,1-3H3. The second-order valence-electron chi connectivity index (χ2n) is 4.74. The lowest BCUT2D eigenvalue weighted by molar-refractivity contribution is 0.354. The zero-order valence-electron chi connectivity index (χ0n) is 12.0. The van der Waals surface area contributed by atoms with Gasteiger partial charge in [-0.05, 0) is 37.3 Å². The van der Waals surface area contributed by atoms with Crippen molar-refractivity contribution in [2.75, 3.05) is 14.2 Å². The molecular formula is C15H24ClNO2. The molecule has 4 heteroatoms. The Balaban J connectivity index is 2.63. The van der Waals surface area contributed by atoms with Crippen molar-refractivity contribution in [3.8, 4) is 11.5 Å². The quantitative estimate of drug-likeness (QED) is 0.790. The molecule has 1 unspecified atom stereocenters. The van der Waals surface area contributed by atoms with Gasteiger partial charge in [0.25, 0.3) is 0 Å².